The van der Waals surface area contributed by atoms with Gasteiger partial charge in [0.1, 0.15) is 5.75 Å². The number of rotatable bonds is 5. The zero-order chi connectivity index (χ0) is 15.5. The number of benzene rings is 1. The van der Waals surface area contributed by atoms with Crippen molar-refractivity contribution in [3.63, 3.8) is 0 Å². The summed E-state index contributed by atoms with van der Waals surface area (Å²) < 4.78 is 5.65. The van der Waals surface area contributed by atoms with Gasteiger partial charge in [-0.25, -0.2) is 0 Å². The molecular formula is C17H25NO3. The number of carbonyl (C=O) groups is 1. The van der Waals surface area contributed by atoms with Crippen LogP contribution in [-0.2, 0) is 10.2 Å². The molecule has 1 fully saturated rings. The number of aliphatic hydroxyl groups is 1. The van der Waals surface area contributed by atoms with E-state index in [0.717, 1.165) is 30.6 Å². The topological polar surface area (TPSA) is 58.6 Å². The summed E-state index contributed by atoms with van der Waals surface area (Å²) in [7, 11) is 0. The minimum atomic E-state index is -0.695. The van der Waals surface area contributed by atoms with Crippen molar-refractivity contribution in [1.82, 2.24) is 5.32 Å². The molecule has 0 spiro atoms. The molecule has 0 saturated heterocycles. The van der Waals surface area contributed by atoms with Gasteiger partial charge in [0.05, 0.1) is 5.60 Å². The largest absolute Gasteiger partial charge is 0.483 e. The summed E-state index contributed by atoms with van der Waals surface area (Å²) in [6.45, 7) is 6.63. The molecule has 1 aromatic rings. The second-order valence-corrected chi connectivity index (χ2v) is 6.89. The van der Waals surface area contributed by atoms with Crippen molar-refractivity contribution >= 4 is 5.91 Å². The van der Waals surface area contributed by atoms with Crippen molar-refractivity contribution in [2.24, 2.45) is 0 Å². The average Bonchev–Trinajstić information content (AvgIpc) is 2.40. The summed E-state index contributed by atoms with van der Waals surface area (Å²) in [5, 5.41) is 12.7. The first kappa shape index (κ1) is 15.8. The Kier molecular flexibility index (Phi) is 4.57. The second kappa shape index (κ2) is 6.06. The molecule has 2 N–H and O–H groups in total. The van der Waals surface area contributed by atoms with Crippen LogP contribution in [0.4, 0.5) is 0 Å². The molecule has 0 aromatic heterocycles. The second-order valence-electron chi connectivity index (χ2n) is 6.89. The molecule has 1 amide bonds. The number of hydrogen-bond acceptors (Lipinski definition) is 3. The first-order chi connectivity index (χ1) is 9.80. The SMILES string of the molecule is CC(C)(C)c1ccccc1OCC(=O)NCC1(O)CCC1. The fourth-order valence-corrected chi connectivity index (χ4v) is 2.43. The number of carbonyl (C=O) groups excluding carboxylic acids is 1. The quantitative estimate of drug-likeness (QED) is 0.876. The van der Waals surface area contributed by atoms with Crippen molar-refractivity contribution < 1.29 is 14.6 Å². The van der Waals surface area contributed by atoms with Crippen LogP contribution in [0.2, 0.25) is 0 Å². The molecule has 1 aromatic carbocycles. The normalized spacial score (nSPS) is 17.0. The minimum Gasteiger partial charge on any atom is -0.483 e. The molecular weight excluding hydrogens is 266 g/mol. The van der Waals surface area contributed by atoms with Crippen LogP contribution >= 0.6 is 0 Å². The average molecular weight is 291 g/mol. The highest BCUT2D eigenvalue weighted by Gasteiger charge is 2.34. The van der Waals surface area contributed by atoms with E-state index in [1.165, 1.54) is 0 Å². The van der Waals surface area contributed by atoms with Gasteiger partial charge in [-0.1, -0.05) is 39.0 Å². The Morgan fingerprint density at radius 1 is 1.33 bits per heavy atom. The zero-order valence-electron chi connectivity index (χ0n) is 13.1. The van der Waals surface area contributed by atoms with E-state index < -0.39 is 5.60 Å². The highest BCUT2D eigenvalue weighted by Crippen LogP contribution is 2.31. The molecule has 1 aliphatic carbocycles. The maximum atomic E-state index is 11.8. The fraction of sp³-hybridized carbons (Fsp3) is 0.588. The standard InChI is InChI=1S/C17H25NO3/c1-16(2,3)13-7-4-5-8-14(13)21-11-15(19)18-12-17(20)9-6-10-17/h4-5,7-8,20H,6,9-12H2,1-3H3,(H,18,19). The number of nitrogens with one attached hydrogen (secondary N) is 1. The molecule has 0 unspecified atom stereocenters. The van der Waals surface area contributed by atoms with Crippen molar-refractivity contribution in [3.05, 3.63) is 29.8 Å². The van der Waals surface area contributed by atoms with Gasteiger partial charge in [-0.3, -0.25) is 4.79 Å². The van der Waals surface area contributed by atoms with Crippen LogP contribution in [0.5, 0.6) is 5.75 Å². The van der Waals surface area contributed by atoms with Crippen LogP contribution in [0, 0.1) is 0 Å². The van der Waals surface area contributed by atoms with E-state index >= 15 is 0 Å². The predicted octanol–water partition coefficient (Wildman–Crippen LogP) is 2.39. The Hall–Kier alpha value is -1.55. The Morgan fingerprint density at radius 2 is 2.00 bits per heavy atom. The van der Waals surface area contributed by atoms with E-state index in [2.05, 4.69) is 26.1 Å². The van der Waals surface area contributed by atoms with Gasteiger partial charge >= 0.3 is 0 Å². The lowest BCUT2D eigenvalue weighted by molar-refractivity contribution is -0.125. The highest BCUT2D eigenvalue weighted by atomic mass is 16.5. The summed E-state index contributed by atoms with van der Waals surface area (Å²) >= 11 is 0. The van der Waals surface area contributed by atoms with E-state index in [9.17, 15) is 9.90 Å². The van der Waals surface area contributed by atoms with Gasteiger partial charge < -0.3 is 15.2 Å². The van der Waals surface area contributed by atoms with Crippen molar-refractivity contribution in [3.8, 4) is 5.75 Å². The number of hydrogen-bond donors (Lipinski definition) is 2. The Morgan fingerprint density at radius 3 is 2.57 bits per heavy atom. The molecule has 4 nitrogen and oxygen atoms in total. The van der Waals surface area contributed by atoms with Gasteiger partial charge in [-0.15, -0.1) is 0 Å². The van der Waals surface area contributed by atoms with Gasteiger partial charge in [-0.05, 0) is 36.3 Å². The molecule has 2 rings (SSSR count). The summed E-state index contributed by atoms with van der Waals surface area (Å²) in [6, 6.07) is 7.77. The summed E-state index contributed by atoms with van der Waals surface area (Å²) in [5.74, 6) is 0.543. The van der Waals surface area contributed by atoms with Crippen LogP contribution < -0.4 is 10.1 Å². The number of ether oxygens (including phenoxy) is 1. The monoisotopic (exact) mass is 291 g/mol. The summed E-state index contributed by atoms with van der Waals surface area (Å²) in [6.07, 6.45) is 2.56. The molecule has 0 aliphatic heterocycles. The molecule has 116 valence electrons. The van der Waals surface area contributed by atoms with E-state index in [0.29, 0.717) is 6.54 Å². The molecule has 21 heavy (non-hydrogen) atoms. The smallest absolute Gasteiger partial charge is 0.258 e. The van der Waals surface area contributed by atoms with E-state index in [1.54, 1.807) is 0 Å². The van der Waals surface area contributed by atoms with Crippen LogP contribution in [0.15, 0.2) is 24.3 Å². The maximum absolute atomic E-state index is 11.8. The third-order valence-corrected chi connectivity index (χ3v) is 3.95. The van der Waals surface area contributed by atoms with Crippen LogP contribution in [0.25, 0.3) is 0 Å². The molecule has 0 radical (unpaired) electrons. The molecule has 0 atom stereocenters. The van der Waals surface area contributed by atoms with Gasteiger partial charge in [-0.2, -0.15) is 0 Å². The molecule has 4 heteroatoms. The first-order valence-electron chi connectivity index (χ1n) is 7.52. The Balaban J connectivity index is 1.86. The third kappa shape index (κ3) is 4.21. The van der Waals surface area contributed by atoms with E-state index in [4.69, 9.17) is 4.74 Å². The van der Waals surface area contributed by atoms with Gasteiger partial charge in [0.15, 0.2) is 6.61 Å². The minimum absolute atomic E-state index is 0.0246. The lowest BCUT2D eigenvalue weighted by Gasteiger charge is -2.36. The number of amides is 1. The third-order valence-electron chi connectivity index (χ3n) is 3.95. The Labute approximate surface area is 126 Å². The molecule has 1 saturated carbocycles. The highest BCUT2D eigenvalue weighted by molar-refractivity contribution is 5.77. The Bertz CT molecular complexity index is 501. The van der Waals surface area contributed by atoms with Crippen LogP contribution in [0.3, 0.4) is 0 Å². The zero-order valence-corrected chi connectivity index (χ0v) is 13.1. The maximum Gasteiger partial charge on any atom is 0.258 e. The van der Waals surface area contributed by atoms with Gasteiger partial charge in [0.25, 0.3) is 5.91 Å². The fourth-order valence-electron chi connectivity index (χ4n) is 2.43. The van der Waals surface area contributed by atoms with Gasteiger partial charge in [0.2, 0.25) is 0 Å². The molecule has 1 aliphatic rings. The van der Waals surface area contributed by atoms with Crippen molar-refractivity contribution in [2.75, 3.05) is 13.2 Å². The summed E-state index contributed by atoms with van der Waals surface area (Å²) in [4.78, 5) is 11.8. The van der Waals surface area contributed by atoms with E-state index in [-0.39, 0.29) is 17.9 Å². The summed E-state index contributed by atoms with van der Waals surface area (Å²) in [5.41, 5.74) is 0.350. The molecule has 0 bridgehead atoms. The lowest BCUT2D eigenvalue weighted by Crippen LogP contribution is -2.48. The predicted molar refractivity (Wildman–Crippen MR) is 82.4 cm³/mol. The van der Waals surface area contributed by atoms with Crippen molar-refractivity contribution in [1.29, 1.82) is 0 Å². The van der Waals surface area contributed by atoms with Crippen molar-refractivity contribution in [2.45, 2.75) is 51.0 Å². The number of para-hydroxylation sites is 1. The van der Waals surface area contributed by atoms with Gasteiger partial charge in [0, 0.05) is 6.54 Å². The first-order valence-corrected chi connectivity index (χ1v) is 7.52. The molecule has 0 heterocycles. The van der Waals surface area contributed by atoms with Crippen LogP contribution in [0.1, 0.15) is 45.6 Å². The van der Waals surface area contributed by atoms with E-state index in [1.807, 2.05) is 24.3 Å². The van der Waals surface area contributed by atoms with Crippen LogP contribution in [-0.4, -0.2) is 29.8 Å². The lowest BCUT2D eigenvalue weighted by atomic mass is 9.80.